The fourth-order valence-electron chi connectivity index (χ4n) is 1.67. The van der Waals surface area contributed by atoms with E-state index in [1.54, 1.807) is 6.33 Å². The first-order chi connectivity index (χ1) is 7.50. The molecule has 0 aliphatic rings. The number of nitrogens with one attached hydrogen (secondary N) is 1. The van der Waals surface area contributed by atoms with Crippen LogP contribution in [0.1, 0.15) is 46.5 Å². The smallest absolute Gasteiger partial charge is 0.138 e. The molecule has 0 radical (unpaired) electrons. The van der Waals surface area contributed by atoms with Gasteiger partial charge in [-0.1, -0.05) is 20.8 Å². The summed E-state index contributed by atoms with van der Waals surface area (Å²) in [6, 6.07) is 0.938. The lowest BCUT2D eigenvalue weighted by Crippen LogP contribution is -2.29. The van der Waals surface area contributed by atoms with Crippen LogP contribution in [-0.2, 0) is 6.42 Å². The third-order valence-electron chi connectivity index (χ3n) is 2.54. The zero-order valence-corrected chi connectivity index (χ0v) is 11.1. The molecule has 16 heavy (non-hydrogen) atoms. The molecule has 0 aliphatic heterocycles. The quantitative estimate of drug-likeness (QED) is 0.804. The van der Waals surface area contributed by atoms with Gasteiger partial charge in [-0.05, 0) is 26.3 Å². The van der Waals surface area contributed by atoms with Gasteiger partial charge in [-0.15, -0.1) is 0 Å². The SMILES string of the molecule is CC(CNC(C)C)Cc1ncnn1C(C)C. The molecule has 4 nitrogen and oxygen atoms in total. The van der Waals surface area contributed by atoms with E-state index >= 15 is 0 Å². The molecule has 1 heterocycles. The molecule has 0 saturated heterocycles. The van der Waals surface area contributed by atoms with Crippen LogP contribution in [0.25, 0.3) is 0 Å². The predicted octanol–water partition coefficient (Wildman–Crippen LogP) is 2.04. The molecule has 0 fully saturated rings. The summed E-state index contributed by atoms with van der Waals surface area (Å²) in [6.45, 7) is 11.9. The third-order valence-corrected chi connectivity index (χ3v) is 2.54. The van der Waals surface area contributed by atoms with Gasteiger partial charge >= 0.3 is 0 Å². The van der Waals surface area contributed by atoms with Crippen molar-refractivity contribution >= 4 is 0 Å². The molecule has 92 valence electrons. The van der Waals surface area contributed by atoms with Crippen molar-refractivity contribution in [2.24, 2.45) is 5.92 Å². The Kier molecular flexibility index (Phi) is 4.93. The van der Waals surface area contributed by atoms with E-state index in [0.29, 0.717) is 18.0 Å². The molecule has 0 aliphatic carbocycles. The second-order valence-electron chi connectivity index (χ2n) is 5.09. The van der Waals surface area contributed by atoms with Crippen LogP contribution in [0.5, 0.6) is 0 Å². The largest absolute Gasteiger partial charge is 0.314 e. The van der Waals surface area contributed by atoms with Crippen molar-refractivity contribution in [1.82, 2.24) is 20.1 Å². The van der Waals surface area contributed by atoms with Crippen LogP contribution in [0.4, 0.5) is 0 Å². The van der Waals surface area contributed by atoms with Crippen LogP contribution in [0.15, 0.2) is 6.33 Å². The topological polar surface area (TPSA) is 42.7 Å². The highest BCUT2D eigenvalue weighted by Gasteiger charge is 2.11. The monoisotopic (exact) mass is 224 g/mol. The molecule has 1 aromatic heterocycles. The third kappa shape index (κ3) is 3.93. The standard InChI is InChI=1S/C12H24N4/c1-9(2)13-7-11(5)6-12-14-8-15-16(12)10(3)4/h8-11,13H,6-7H2,1-5H3. The average molecular weight is 224 g/mol. The van der Waals surface area contributed by atoms with E-state index in [1.165, 1.54) is 0 Å². The highest BCUT2D eigenvalue weighted by Crippen LogP contribution is 2.10. The Morgan fingerprint density at radius 1 is 1.25 bits per heavy atom. The summed E-state index contributed by atoms with van der Waals surface area (Å²) < 4.78 is 2.01. The van der Waals surface area contributed by atoms with Crippen LogP contribution in [-0.4, -0.2) is 27.4 Å². The predicted molar refractivity (Wildman–Crippen MR) is 66.4 cm³/mol. The van der Waals surface area contributed by atoms with Gasteiger partial charge in [-0.25, -0.2) is 9.67 Å². The Hall–Kier alpha value is -0.900. The molecule has 1 rings (SSSR count). The molecule has 1 aromatic rings. The van der Waals surface area contributed by atoms with Crippen LogP contribution in [0.2, 0.25) is 0 Å². The summed E-state index contributed by atoms with van der Waals surface area (Å²) in [5.41, 5.74) is 0. The lowest BCUT2D eigenvalue weighted by Gasteiger charge is -2.16. The first-order valence-corrected chi connectivity index (χ1v) is 6.12. The van der Waals surface area contributed by atoms with Crippen molar-refractivity contribution in [3.8, 4) is 0 Å². The van der Waals surface area contributed by atoms with E-state index < -0.39 is 0 Å². The Morgan fingerprint density at radius 3 is 2.50 bits per heavy atom. The van der Waals surface area contributed by atoms with Gasteiger partial charge in [-0.3, -0.25) is 0 Å². The minimum atomic E-state index is 0.391. The molecular formula is C12H24N4. The van der Waals surface area contributed by atoms with E-state index in [2.05, 4.69) is 50.0 Å². The second kappa shape index (κ2) is 5.99. The Balaban J connectivity index is 2.49. The highest BCUT2D eigenvalue weighted by atomic mass is 15.3. The van der Waals surface area contributed by atoms with Crippen molar-refractivity contribution in [2.45, 2.75) is 53.1 Å². The first kappa shape index (κ1) is 13.2. The van der Waals surface area contributed by atoms with E-state index in [9.17, 15) is 0 Å². The van der Waals surface area contributed by atoms with Crippen LogP contribution < -0.4 is 5.32 Å². The Morgan fingerprint density at radius 2 is 1.94 bits per heavy atom. The van der Waals surface area contributed by atoms with Crippen molar-refractivity contribution in [1.29, 1.82) is 0 Å². The van der Waals surface area contributed by atoms with Crippen molar-refractivity contribution in [3.63, 3.8) is 0 Å². The minimum Gasteiger partial charge on any atom is -0.314 e. The summed E-state index contributed by atoms with van der Waals surface area (Å²) in [4.78, 5) is 4.33. The minimum absolute atomic E-state index is 0.391. The fourth-order valence-corrected chi connectivity index (χ4v) is 1.67. The van der Waals surface area contributed by atoms with E-state index in [-0.39, 0.29) is 0 Å². The maximum absolute atomic E-state index is 4.33. The molecule has 1 atom stereocenters. The van der Waals surface area contributed by atoms with Crippen LogP contribution in [0.3, 0.4) is 0 Å². The number of hydrogen-bond acceptors (Lipinski definition) is 3. The van der Waals surface area contributed by atoms with Gasteiger partial charge in [0.05, 0.1) is 0 Å². The number of hydrogen-bond donors (Lipinski definition) is 1. The van der Waals surface area contributed by atoms with Crippen LogP contribution in [0, 0.1) is 5.92 Å². The normalized spacial score (nSPS) is 13.7. The number of nitrogens with zero attached hydrogens (tertiary/aromatic N) is 3. The Bertz CT molecular complexity index is 304. The maximum atomic E-state index is 4.33. The second-order valence-corrected chi connectivity index (χ2v) is 5.09. The van der Waals surface area contributed by atoms with Crippen molar-refractivity contribution in [2.75, 3.05) is 6.54 Å². The van der Waals surface area contributed by atoms with Gasteiger partial charge in [0.25, 0.3) is 0 Å². The van der Waals surface area contributed by atoms with Gasteiger partial charge in [0.2, 0.25) is 0 Å². The van der Waals surface area contributed by atoms with E-state index in [4.69, 9.17) is 0 Å². The fraction of sp³-hybridized carbons (Fsp3) is 0.833. The van der Waals surface area contributed by atoms with E-state index in [1.807, 2.05) is 4.68 Å². The zero-order chi connectivity index (χ0) is 12.1. The lowest BCUT2D eigenvalue weighted by molar-refractivity contribution is 0.439. The molecule has 4 heteroatoms. The molecule has 0 spiro atoms. The molecule has 1 N–H and O–H groups in total. The average Bonchev–Trinajstić information content (AvgIpc) is 2.62. The lowest BCUT2D eigenvalue weighted by atomic mass is 10.1. The van der Waals surface area contributed by atoms with Gasteiger partial charge in [0, 0.05) is 18.5 Å². The summed E-state index contributed by atoms with van der Waals surface area (Å²) in [7, 11) is 0. The molecule has 0 aromatic carbocycles. The van der Waals surface area contributed by atoms with Gasteiger partial charge in [0.1, 0.15) is 12.2 Å². The van der Waals surface area contributed by atoms with Crippen molar-refractivity contribution in [3.05, 3.63) is 12.2 Å². The van der Waals surface area contributed by atoms with Gasteiger partial charge in [0.15, 0.2) is 0 Å². The van der Waals surface area contributed by atoms with Crippen molar-refractivity contribution < 1.29 is 0 Å². The first-order valence-electron chi connectivity index (χ1n) is 6.12. The summed E-state index contributed by atoms with van der Waals surface area (Å²) in [6.07, 6.45) is 2.63. The molecule has 1 unspecified atom stereocenters. The molecule has 0 saturated carbocycles. The van der Waals surface area contributed by atoms with Gasteiger partial charge in [-0.2, -0.15) is 5.10 Å². The number of aromatic nitrogens is 3. The Labute approximate surface area is 98.5 Å². The maximum Gasteiger partial charge on any atom is 0.138 e. The number of rotatable bonds is 6. The molecule has 0 bridgehead atoms. The van der Waals surface area contributed by atoms with Crippen LogP contribution >= 0.6 is 0 Å². The molecular weight excluding hydrogens is 200 g/mol. The summed E-state index contributed by atoms with van der Waals surface area (Å²) >= 11 is 0. The highest BCUT2D eigenvalue weighted by molar-refractivity contribution is 4.88. The summed E-state index contributed by atoms with van der Waals surface area (Å²) in [5, 5.41) is 7.70. The zero-order valence-electron chi connectivity index (χ0n) is 11.1. The van der Waals surface area contributed by atoms with E-state index in [0.717, 1.165) is 18.8 Å². The summed E-state index contributed by atoms with van der Waals surface area (Å²) in [5.74, 6) is 1.68. The van der Waals surface area contributed by atoms with Gasteiger partial charge < -0.3 is 5.32 Å². The molecule has 0 amide bonds.